The standard InChI is InChI=1S/C16H14O4/c17-16(18)11-8-13-6-9-15(10-7-13)20-19-12-14-4-2-1-3-5-14/h1-11H,12H2,(H,17,18). The summed E-state index contributed by atoms with van der Waals surface area (Å²) >= 11 is 0. The Balaban J connectivity index is 1.83. The summed E-state index contributed by atoms with van der Waals surface area (Å²) in [5, 5.41) is 8.52. The third-order valence-electron chi connectivity index (χ3n) is 2.52. The van der Waals surface area contributed by atoms with Crippen LogP contribution in [0.3, 0.4) is 0 Å². The fourth-order valence-corrected chi connectivity index (χ4v) is 1.54. The highest BCUT2D eigenvalue weighted by molar-refractivity contribution is 5.85. The van der Waals surface area contributed by atoms with Gasteiger partial charge in [0, 0.05) is 6.08 Å². The molecule has 2 rings (SSSR count). The van der Waals surface area contributed by atoms with E-state index < -0.39 is 5.97 Å². The van der Waals surface area contributed by atoms with Gasteiger partial charge in [0.15, 0.2) is 5.75 Å². The van der Waals surface area contributed by atoms with Gasteiger partial charge in [-0.3, -0.25) is 0 Å². The molecule has 102 valence electrons. The lowest BCUT2D eigenvalue weighted by Crippen LogP contribution is -1.97. The van der Waals surface area contributed by atoms with Crippen molar-refractivity contribution in [2.24, 2.45) is 0 Å². The minimum absolute atomic E-state index is 0.363. The second-order valence-corrected chi connectivity index (χ2v) is 4.07. The van der Waals surface area contributed by atoms with Crippen molar-refractivity contribution in [2.45, 2.75) is 6.61 Å². The molecule has 0 aliphatic carbocycles. The van der Waals surface area contributed by atoms with Crippen LogP contribution in [-0.2, 0) is 16.3 Å². The molecule has 20 heavy (non-hydrogen) atoms. The molecule has 0 atom stereocenters. The molecule has 0 saturated carbocycles. The van der Waals surface area contributed by atoms with Gasteiger partial charge in [0.05, 0.1) is 0 Å². The zero-order valence-electron chi connectivity index (χ0n) is 10.7. The number of hydrogen-bond donors (Lipinski definition) is 1. The summed E-state index contributed by atoms with van der Waals surface area (Å²) in [6.45, 7) is 0.363. The quantitative estimate of drug-likeness (QED) is 0.497. The number of rotatable bonds is 6. The van der Waals surface area contributed by atoms with Gasteiger partial charge < -0.3 is 9.99 Å². The molecule has 0 radical (unpaired) electrons. The van der Waals surface area contributed by atoms with Crippen LogP contribution in [0, 0.1) is 0 Å². The first-order chi connectivity index (χ1) is 9.74. The number of benzene rings is 2. The van der Waals surface area contributed by atoms with Gasteiger partial charge in [-0.15, -0.1) is 0 Å². The first-order valence-corrected chi connectivity index (χ1v) is 6.08. The van der Waals surface area contributed by atoms with Crippen LogP contribution in [0.25, 0.3) is 6.08 Å². The van der Waals surface area contributed by atoms with Gasteiger partial charge in [0.25, 0.3) is 0 Å². The summed E-state index contributed by atoms with van der Waals surface area (Å²) in [4.78, 5) is 20.7. The predicted molar refractivity (Wildman–Crippen MR) is 75.0 cm³/mol. The number of carboxylic acid groups (broad SMARTS) is 1. The number of carbonyl (C=O) groups is 1. The van der Waals surface area contributed by atoms with Crippen molar-refractivity contribution in [2.75, 3.05) is 0 Å². The van der Waals surface area contributed by atoms with Crippen LogP contribution >= 0.6 is 0 Å². The van der Waals surface area contributed by atoms with E-state index in [9.17, 15) is 4.79 Å². The summed E-state index contributed by atoms with van der Waals surface area (Å²) in [7, 11) is 0. The Morgan fingerprint density at radius 1 is 1.05 bits per heavy atom. The molecule has 0 heterocycles. The molecule has 0 aromatic heterocycles. The van der Waals surface area contributed by atoms with Crippen molar-refractivity contribution in [3.05, 3.63) is 71.8 Å². The van der Waals surface area contributed by atoms with Gasteiger partial charge in [0.2, 0.25) is 0 Å². The van der Waals surface area contributed by atoms with Crippen molar-refractivity contribution in [3.8, 4) is 5.75 Å². The lowest BCUT2D eigenvalue weighted by Gasteiger charge is -2.05. The second-order valence-electron chi connectivity index (χ2n) is 4.07. The van der Waals surface area contributed by atoms with Crippen LogP contribution in [0.5, 0.6) is 5.75 Å². The average molecular weight is 270 g/mol. The summed E-state index contributed by atoms with van der Waals surface area (Å²) in [6, 6.07) is 16.6. The maximum atomic E-state index is 10.4. The number of aliphatic carboxylic acids is 1. The molecule has 2 aromatic carbocycles. The molecule has 0 fully saturated rings. The van der Waals surface area contributed by atoms with E-state index in [1.165, 1.54) is 6.08 Å². The van der Waals surface area contributed by atoms with Gasteiger partial charge in [-0.2, -0.15) is 4.89 Å². The number of carboxylic acids is 1. The van der Waals surface area contributed by atoms with E-state index >= 15 is 0 Å². The Labute approximate surface area is 116 Å². The van der Waals surface area contributed by atoms with Gasteiger partial charge >= 0.3 is 5.97 Å². The van der Waals surface area contributed by atoms with Crippen molar-refractivity contribution < 1.29 is 19.7 Å². The van der Waals surface area contributed by atoms with E-state index in [4.69, 9.17) is 14.9 Å². The van der Waals surface area contributed by atoms with E-state index in [1.54, 1.807) is 24.3 Å². The first kappa shape index (κ1) is 13.8. The fourth-order valence-electron chi connectivity index (χ4n) is 1.54. The molecule has 0 bridgehead atoms. The molecule has 0 spiro atoms. The lowest BCUT2D eigenvalue weighted by atomic mass is 10.2. The molecule has 4 heteroatoms. The van der Waals surface area contributed by atoms with E-state index in [1.807, 2.05) is 30.3 Å². The van der Waals surface area contributed by atoms with Crippen molar-refractivity contribution in [1.82, 2.24) is 0 Å². The largest absolute Gasteiger partial charge is 0.478 e. The summed E-state index contributed by atoms with van der Waals surface area (Å²) in [5.74, 6) is -0.412. The fraction of sp³-hybridized carbons (Fsp3) is 0.0625. The molecule has 0 aliphatic heterocycles. The molecular formula is C16H14O4. The number of hydrogen-bond acceptors (Lipinski definition) is 3. The zero-order chi connectivity index (χ0) is 14.2. The van der Waals surface area contributed by atoms with Crippen LogP contribution in [0.4, 0.5) is 0 Å². The van der Waals surface area contributed by atoms with Crippen LogP contribution in [-0.4, -0.2) is 11.1 Å². The molecule has 4 nitrogen and oxygen atoms in total. The van der Waals surface area contributed by atoms with Gasteiger partial charge in [-0.1, -0.05) is 42.5 Å². The minimum atomic E-state index is -0.975. The van der Waals surface area contributed by atoms with Crippen LogP contribution in [0.2, 0.25) is 0 Å². The van der Waals surface area contributed by atoms with Gasteiger partial charge in [0.1, 0.15) is 6.61 Å². The van der Waals surface area contributed by atoms with Gasteiger partial charge in [-0.05, 0) is 29.3 Å². The zero-order valence-corrected chi connectivity index (χ0v) is 10.7. The molecule has 0 amide bonds. The van der Waals surface area contributed by atoms with Crippen molar-refractivity contribution in [3.63, 3.8) is 0 Å². The Bertz CT molecular complexity index is 573. The topological polar surface area (TPSA) is 55.8 Å². The molecule has 0 unspecified atom stereocenters. The van der Waals surface area contributed by atoms with E-state index in [-0.39, 0.29) is 0 Å². The molecule has 1 N–H and O–H groups in total. The minimum Gasteiger partial charge on any atom is -0.478 e. The lowest BCUT2D eigenvalue weighted by molar-refractivity contribution is -0.217. The average Bonchev–Trinajstić information content (AvgIpc) is 2.47. The normalized spacial score (nSPS) is 10.6. The Morgan fingerprint density at radius 3 is 2.40 bits per heavy atom. The van der Waals surface area contributed by atoms with E-state index in [0.29, 0.717) is 12.4 Å². The maximum Gasteiger partial charge on any atom is 0.328 e. The molecular weight excluding hydrogens is 256 g/mol. The predicted octanol–water partition coefficient (Wildman–Crippen LogP) is 3.30. The monoisotopic (exact) mass is 270 g/mol. The Hall–Kier alpha value is -2.59. The maximum absolute atomic E-state index is 10.4. The van der Waals surface area contributed by atoms with E-state index in [2.05, 4.69) is 0 Å². The highest BCUT2D eigenvalue weighted by Crippen LogP contribution is 2.14. The van der Waals surface area contributed by atoms with Crippen LogP contribution in [0.15, 0.2) is 60.7 Å². The van der Waals surface area contributed by atoms with Gasteiger partial charge in [-0.25, -0.2) is 4.79 Å². The van der Waals surface area contributed by atoms with Crippen molar-refractivity contribution in [1.29, 1.82) is 0 Å². The highest BCUT2D eigenvalue weighted by atomic mass is 17.2. The van der Waals surface area contributed by atoms with Crippen LogP contribution < -0.4 is 4.89 Å². The Morgan fingerprint density at radius 2 is 1.75 bits per heavy atom. The van der Waals surface area contributed by atoms with Crippen molar-refractivity contribution >= 4 is 12.0 Å². The second kappa shape index (κ2) is 7.11. The first-order valence-electron chi connectivity index (χ1n) is 6.08. The summed E-state index contributed by atoms with van der Waals surface area (Å²) in [6.07, 6.45) is 2.60. The SMILES string of the molecule is O=C(O)C=Cc1ccc(OOCc2ccccc2)cc1. The third-order valence-corrected chi connectivity index (χ3v) is 2.52. The summed E-state index contributed by atoms with van der Waals surface area (Å²) in [5.41, 5.74) is 1.80. The smallest absolute Gasteiger partial charge is 0.328 e. The molecule has 0 aliphatic rings. The van der Waals surface area contributed by atoms with Crippen LogP contribution in [0.1, 0.15) is 11.1 Å². The Kier molecular flexibility index (Phi) is 4.92. The molecule has 2 aromatic rings. The third kappa shape index (κ3) is 4.59. The van der Waals surface area contributed by atoms with E-state index in [0.717, 1.165) is 17.2 Å². The molecule has 0 saturated heterocycles. The summed E-state index contributed by atoms with van der Waals surface area (Å²) < 4.78 is 0. The highest BCUT2D eigenvalue weighted by Gasteiger charge is 1.97.